The molecule has 4 rings (SSSR count). The van der Waals surface area contributed by atoms with Gasteiger partial charge in [0.25, 0.3) is 5.91 Å². The van der Waals surface area contributed by atoms with Crippen LogP contribution in [0.4, 0.5) is 16.2 Å². The van der Waals surface area contributed by atoms with E-state index >= 15 is 0 Å². The van der Waals surface area contributed by atoms with Crippen molar-refractivity contribution in [2.45, 2.75) is 39.7 Å². The molecule has 0 aliphatic rings. The average molecular weight is 551 g/mol. The number of aromatic nitrogens is 2. The van der Waals surface area contributed by atoms with Crippen molar-refractivity contribution in [1.82, 2.24) is 9.97 Å². The Morgan fingerprint density at radius 3 is 2.00 bits per heavy atom. The molecule has 0 bridgehead atoms. The first kappa shape index (κ1) is 27.0. The number of amides is 2. The fourth-order valence-corrected chi connectivity index (χ4v) is 5.21. The second-order valence-electron chi connectivity index (χ2n) is 9.22. The monoisotopic (exact) mass is 550 g/mol. The molecule has 3 N–H and O–H groups in total. The van der Waals surface area contributed by atoms with Crippen LogP contribution in [0, 0.1) is 0 Å². The summed E-state index contributed by atoms with van der Waals surface area (Å²) >= 11 is 2.69. The number of nitrogens with zero attached hydrogens (tertiary/aromatic N) is 2. The van der Waals surface area contributed by atoms with Crippen LogP contribution >= 0.6 is 22.7 Å². The molecule has 2 amide bonds. The van der Waals surface area contributed by atoms with Crippen molar-refractivity contribution in [3.63, 3.8) is 0 Å². The van der Waals surface area contributed by atoms with Crippen LogP contribution in [-0.4, -0.2) is 38.6 Å². The molecule has 0 radical (unpaired) electrons. The molecule has 2 aromatic heterocycles. The van der Waals surface area contributed by atoms with Crippen molar-refractivity contribution in [2.24, 2.45) is 0 Å². The van der Waals surface area contributed by atoms with Crippen LogP contribution < -0.4 is 10.6 Å². The molecule has 0 aliphatic heterocycles. The minimum Gasteiger partial charge on any atom is -0.476 e. The van der Waals surface area contributed by atoms with E-state index in [9.17, 15) is 19.5 Å². The lowest BCUT2D eigenvalue weighted by Gasteiger charge is -2.19. The Morgan fingerprint density at radius 1 is 0.895 bits per heavy atom. The summed E-state index contributed by atoms with van der Waals surface area (Å²) in [4.78, 5) is 45.5. The van der Waals surface area contributed by atoms with Crippen molar-refractivity contribution < 1.29 is 24.2 Å². The number of aromatic carboxylic acids is 1. The van der Waals surface area contributed by atoms with E-state index in [1.807, 2.05) is 19.1 Å². The Balaban J connectivity index is 1.39. The summed E-state index contributed by atoms with van der Waals surface area (Å²) in [6.45, 7) is 7.28. The van der Waals surface area contributed by atoms with E-state index in [0.717, 1.165) is 16.0 Å². The van der Waals surface area contributed by atoms with Crippen LogP contribution in [0.25, 0.3) is 21.1 Å². The zero-order valence-electron chi connectivity index (χ0n) is 21.2. The fourth-order valence-electron chi connectivity index (χ4n) is 3.40. The smallest absolute Gasteiger partial charge is 0.412 e. The van der Waals surface area contributed by atoms with Gasteiger partial charge in [0, 0.05) is 32.8 Å². The number of thiazole rings is 2. The Morgan fingerprint density at radius 2 is 1.47 bits per heavy atom. The molecule has 0 aliphatic carbocycles. The molecule has 0 spiro atoms. The van der Waals surface area contributed by atoms with Gasteiger partial charge >= 0.3 is 12.1 Å². The minimum atomic E-state index is -1.04. The molecule has 2 aromatic carbocycles. The minimum absolute atomic E-state index is 0.0816. The predicted molar refractivity (Wildman–Crippen MR) is 149 cm³/mol. The summed E-state index contributed by atoms with van der Waals surface area (Å²) in [5.74, 6) is -1.39. The number of carbonyl (C=O) groups excluding carboxylic acids is 2. The number of rotatable bonds is 7. The van der Waals surface area contributed by atoms with Crippen molar-refractivity contribution in [2.75, 3.05) is 10.6 Å². The first-order valence-corrected chi connectivity index (χ1v) is 13.4. The van der Waals surface area contributed by atoms with Crippen LogP contribution in [0.1, 0.15) is 53.5 Å². The summed E-state index contributed by atoms with van der Waals surface area (Å²) in [6.07, 6.45) is 0.0600. The van der Waals surface area contributed by atoms with Gasteiger partial charge in [-0.2, -0.15) is 0 Å². The van der Waals surface area contributed by atoms with Crippen molar-refractivity contribution in [3.05, 3.63) is 70.2 Å². The van der Waals surface area contributed by atoms with Gasteiger partial charge in [0.2, 0.25) is 0 Å². The third-order valence-electron chi connectivity index (χ3n) is 5.12. The van der Waals surface area contributed by atoms with Crippen molar-refractivity contribution in [1.29, 1.82) is 0 Å². The zero-order valence-corrected chi connectivity index (χ0v) is 22.8. The molecule has 38 heavy (non-hydrogen) atoms. The van der Waals surface area contributed by atoms with Gasteiger partial charge in [-0.15, -0.1) is 22.7 Å². The standard InChI is InChI=1S/C27H26N4O5S2/c1-5-20-21(25(33)34)31-24(38-20)16-8-10-17(11-9-16)28-22(32)19-14-37-23(30-19)15-6-12-18(13-7-15)29-26(35)36-27(2,3)4/h6-14H,5H2,1-4H3,(H,28,32)(H,29,35)(H,33,34). The first-order valence-electron chi connectivity index (χ1n) is 11.7. The third kappa shape index (κ3) is 6.61. The third-order valence-corrected chi connectivity index (χ3v) is 7.26. The van der Waals surface area contributed by atoms with Crippen molar-refractivity contribution >= 4 is 52.0 Å². The quantitative estimate of drug-likeness (QED) is 0.231. The SMILES string of the molecule is CCc1sc(-c2ccc(NC(=O)c3csc(-c4ccc(NC(=O)OC(C)(C)C)cc4)n3)cc2)nc1C(=O)O. The highest BCUT2D eigenvalue weighted by atomic mass is 32.1. The predicted octanol–water partition coefficient (Wildman–Crippen LogP) is 6.79. The largest absolute Gasteiger partial charge is 0.476 e. The highest BCUT2D eigenvalue weighted by Crippen LogP contribution is 2.30. The Kier molecular flexibility index (Phi) is 7.88. The Bertz CT molecular complexity index is 1470. The molecule has 0 saturated carbocycles. The Labute approximate surface area is 227 Å². The van der Waals surface area contributed by atoms with Gasteiger partial charge < -0.3 is 15.2 Å². The van der Waals surface area contributed by atoms with Crippen LogP contribution in [0.5, 0.6) is 0 Å². The van der Waals surface area contributed by atoms with Crippen LogP contribution in [0.15, 0.2) is 53.9 Å². The molecule has 9 nitrogen and oxygen atoms in total. The van der Waals surface area contributed by atoms with Crippen molar-refractivity contribution in [3.8, 4) is 21.1 Å². The summed E-state index contributed by atoms with van der Waals surface area (Å²) in [7, 11) is 0. The normalized spacial score (nSPS) is 11.2. The maximum atomic E-state index is 12.8. The van der Waals surface area contributed by atoms with Gasteiger partial charge in [0.15, 0.2) is 5.69 Å². The number of hydrogen-bond donors (Lipinski definition) is 3. The van der Waals surface area contributed by atoms with E-state index in [1.165, 1.54) is 22.7 Å². The maximum absolute atomic E-state index is 12.8. The number of benzene rings is 2. The van der Waals surface area contributed by atoms with Crippen LogP contribution in [0.2, 0.25) is 0 Å². The second-order valence-corrected chi connectivity index (χ2v) is 11.2. The van der Waals surface area contributed by atoms with Gasteiger partial charge in [-0.05, 0) is 75.7 Å². The molecule has 0 unspecified atom stereocenters. The van der Waals surface area contributed by atoms with Gasteiger partial charge in [-0.1, -0.05) is 6.92 Å². The number of ether oxygens (including phenoxy) is 1. The Hall–Kier alpha value is -4.09. The van der Waals surface area contributed by atoms with Gasteiger partial charge in [0.05, 0.1) is 0 Å². The number of anilines is 2. The van der Waals surface area contributed by atoms with E-state index < -0.39 is 17.7 Å². The summed E-state index contributed by atoms with van der Waals surface area (Å²) < 4.78 is 5.25. The lowest BCUT2D eigenvalue weighted by atomic mass is 10.2. The number of nitrogens with one attached hydrogen (secondary N) is 2. The lowest BCUT2D eigenvalue weighted by molar-refractivity contribution is 0.0633. The fraction of sp³-hybridized carbons (Fsp3) is 0.222. The molecule has 196 valence electrons. The first-order chi connectivity index (χ1) is 18.0. The molecule has 11 heteroatoms. The number of hydrogen-bond acceptors (Lipinski definition) is 8. The number of carboxylic acid groups (broad SMARTS) is 1. The van der Waals surface area contributed by atoms with E-state index in [2.05, 4.69) is 20.6 Å². The highest BCUT2D eigenvalue weighted by Gasteiger charge is 2.18. The average Bonchev–Trinajstić information content (AvgIpc) is 3.52. The summed E-state index contributed by atoms with van der Waals surface area (Å²) in [6, 6.07) is 14.2. The lowest BCUT2D eigenvalue weighted by Crippen LogP contribution is -2.27. The van der Waals surface area contributed by atoms with E-state index in [-0.39, 0.29) is 17.3 Å². The topological polar surface area (TPSA) is 131 Å². The van der Waals surface area contributed by atoms with Gasteiger partial charge in [-0.3, -0.25) is 10.1 Å². The highest BCUT2D eigenvalue weighted by molar-refractivity contribution is 7.15. The van der Waals surface area contributed by atoms with Crippen LogP contribution in [-0.2, 0) is 11.2 Å². The number of aryl methyl sites for hydroxylation is 1. The van der Waals surface area contributed by atoms with Crippen LogP contribution in [0.3, 0.4) is 0 Å². The summed E-state index contributed by atoms with van der Waals surface area (Å²) in [5.41, 5.74) is 2.53. The zero-order chi connectivity index (χ0) is 27.4. The number of carbonyl (C=O) groups is 3. The second kappa shape index (κ2) is 11.1. The number of carboxylic acids is 1. The summed E-state index contributed by atoms with van der Waals surface area (Å²) in [5, 5.41) is 17.8. The molecule has 4 aromatic rings. The van der Waals surface area contributed by atoms with Gasteiger partial charge in [-0.25, -0.2) is 19.6 Å². The molecular formula is C27H26N4O5S2. The van der Waals surface area contributed by atoms with E-state index in [1.54, 1.807) is 62.5 Å². The van der Waals surface area contributed by atoms with E-state index in [0.29, 0.717) is 27.8 Å². The van der Waals surface area contributed by atoms with Gasteiger partial charge in [0.1, 0.15) is 21.3 Å². The molecule has 0 atom stereocenters. The maximum Gasteiger partial charge on any atom is 0.412 e. The molecule has 0 saturated heterocycles. The molecule has 0 fully saturated rings. The van der Waals surface area contributed by atoms with E-state index in [4.69, 9.17) is 4.74 Å². The molecule has 2 heterocycles. The molecular weight excluding hydrogens is 524 g/mol.